The van der Waals surface area contributed by atoms with E-state index >= 15 is 0 Å². The lowest BCUT2D eigenvalue weighted by Crippen LogP contribution is -2.32. The van der Waals surface area contributed by atoms with E-state index in [0.717, 1.165) is 35.3 Å². The van der Waals surface area contributed by atoms with Crippen LogP contribution in [0.15, 0.2) is 73.1 Å². The second kappa shape index (κ2) is 8.05. The Kier molecular flexibility index (Phi) is 5.15. The number of nitrogens with one attached hydrogen (secondary N) is 2. The molecule has 0 radical (unpaired) electrons. The average Bonchev–Trinajstić information content (AvgIpc) is 3.17. The molecule has 0 spiro atoms. The number of aromatic nitrogens is 3. The van der Waals surface area contributed by atoms with Gasteiger partial charge in [-0.2, -0.15) is 0 Å². The van der Waals surface area contributed by atoms with E-state index in [9.17, 15) is 4.79 Å². The van der Waals surface area contributed by atoms with E-state index in [4.69, 9.17) is 0 Å². The number of carbonyl (C=O) groups excluding carboxylic acids is 1. The van der Waals surface area contributed by atoms with E-state index in [2.05, 4.69) is 32.4 Å². The molecule has 2 aromatic heterocycles. The number of aryl methyl sites for hydroxylation is 1. The molecule has 0 saturated heterocycles. The van der Waals surface area contributed by atoms with Gasteiger partial charge in [-0.1, -0.05) is 30.3 Å². The fourth-order valence-corrected chi connectivity index (χ4v) is 3.20. The predicted octanol–water partition coefficient (Wildman–Crippen LogP) is 4.38. The molecule has 4 aromatic rings. The highest BCUT2D eigenvalue weighted by Gasteiger charge is 2.12. The standard InChI is InChI=1S/C23H22N4O/c1-16(7-8-17-5-3-2-4-6-17)25-23(28)19-9-10-20-21(15-19)27-22(26-20)18-11-13-24-14-12-18/h2-6,9-16H,7-8H2,1H3,(H,25,28)(H,26,27)/t16-/m1/s1. The average molecular weight is 370 g/mol. The van der Waals surface area contributed by atoms with Crippen LogP contribution >= 0.6 is 0 Å². The number of rotatable bonds is 6. The molecule has 0 saturated carbocycles. The Labute approximate surface area is 163 Å². The summed E-state index contributed by atoms with van der Waals surface area (Å²) in [5.74, 6) is 0.703. The SMILES string of the molecule is C[C@H](CCc1ccccc1)NC(=O)c1ccc2nc(-c3ccncc3)[nH]c2c1. The van der Waals surface area contributed by atoms with E-state index < -0.39 is 0 Å². The number of amides is 1. The minimum atomic E-state index is -0.0671. The number of H-pyrrole nitrogens is 1. The Balaban J connectivity index is 1.43. The first-order chi connectivity index (χ1) is 13.7. The molecule has 2 heterocycles. The number of carbonyl (C=O) groups is 1. The lowest BCUT2D eigenvalue weighted by atomic mass is 10.1. The summed E-state index contributed by atoms with van der Waals surface area (Å²) in [5.41, 5.74) is 4.55. The van der Waals surface area contributed by atoms with Crippen molar-refractivity contribution in [3.05, 3.63) is 84.2 Å². The summed E-state index contributed by atoms with van der Waals surface area (Å²) in [7, 11) is 0. The molecular weight excluding hydrogens is 348 g/mol. The van der Waals surface area contributed by atoms with Crippen molar-refractivity contribution in [2.45, 2.75) is 25.8 Å². The van der Waals surface area contributed by atoms with Crippen molar-refractivity contribution < 1.29 is 4.79 Å². The molecule has 0 aliphatic heterocycles. The van der Waals surface area contributed by atoms with Gasteiger partial charge in [0.25, 0.3) is 5.91 Å². The molecule has 0 fully saturated rings. The quantitative estimate of drug-likeness (QED) is 0.529. The first-order valence-electron chi connectivity index (χ1n) is 9.44. The normalized spacial score (nSPS) is 12.0. The number of fused-ring (bicyclic) bond motifs is 1. The van der Waals surface area contributed by atoms with Gasteiger partial charge >= 0.3 is 0 Å². The Hall–Kier alpha value is -3.47. The van der Waals surface area contributed by atoms with E-state index in [-0.39, 0.29) is 11.9 Å². The van der Waals surface area contributed by atoms with Crippen LogP contribution in [-0.4, -0.2) is 26.9 Å². The van der Waals surface area contributed by atoms with Crippen molar-refractivity contribution in [2.24, 2.45) is 0 Å². The lowest BCUT2D eigenvalue weighted by molar-refractivity contribution is 0.0938. The molecule has 1 atom stereocenters. The summed E-state index contributed by atoms with van der Waals surface area (Å²) in [6.07, 6.45) is 5.31. The summed E-state index contributed by atoms with van der Waals surface area (Å²) < 4.78 is 0. The Morgan fingerprint density at radius 1 is 1.07 bits per heavy atom. The van der Waals surface area contributed by atoms with Gasteiger partial charge in [-0.25, -0.2) is 4.98 Å². The number of aromatic amines is 1. The van der Waals surface area contributed by atoms with Crippen molar-refractivity contribution in [1.29, 1.82) is 0 Å². The van der Waals surface area contributed by atoms with Gasteiger partial charge in [-0.05, 0) is 55.7 Å². The number of benzene rings is 2. The second-order valence-electron chi connectivity index (χ2n) is 6.95. The van der Waals surface area contributed by atoms with E-state index in [1.54, 1.807) is 12.4 Å². The molecule has 1 amide bonds. The molecule has 5 nitrogen and oxygen atoms in total. The van der Waals surface area contributed by atoms with E-state index in [1.807, 2.05) is 55.5 Å². The van der Waals surface area contributed by atoms with Gasteiger partial charge in [0.2, 0.25) is 0 Å². The smallest absolute Gasteiger partial charge is 0.251 e. The van der Waals surface area contributed by atoms with Gasteiger partial charge in [0.05, 0.1) is 11.0 Å². The minimum Gasteiger partial charge on any atom is -0.350 e. The van der Waals surface area contributed by atoms with Crippen LogP contribution in [0, 0.1) is 0 Å². The Morgan fingerprint density at radius 2 is 1.86 bits per heavy atom. The third kappa shape index (κ3) is 4.09. The van der Waals surface area contributed by atoms with E-state index in [0.29, 0.717) is 5.56 Å². The number of pyridine rings is 1. The molecule has 0 bridgehead atoms. The van der Waals surface area contributed by atoms with Gasteiger partial charge in [-0.15, -0.1) is 0 Å². The van der Waals surface area contributed by atoms with Gasteiger partial charge in [0, 0.05) is 29.6 Å². The third-order valence-electron chi connectivity index (χ3n) is 4.78. The van der Waals surface area contributed by atoms with Crippen LogP contribution in [0.25, 0.3) is 22.4 Å². The topological polar surface area (TPSA) is 70.7 Å². The fraction of sp³-hybridized carbons (Fsp3) is 0.174. The van der Waals surface area contributed by atoms with Crippen molar-refractivity contribution in [1.82, 2.24) is 20.3 Å². The zero-order valence-electron chi connectivity index (χ0n) is 15.7. The first kappa shape index (κ1) is 17.9. The summed E-state index contributed by atoms with van der Waals surface area (Å²) in [6, 6.07) is 19.8. The predicted molar refractivity (Wildman–Crippen MR) is 111 cm³/mol. The van der Waals surface area contributed by atoms with Crippen LogP contribution < -0.4 is 5.32 Å². The number of hydrogen-bond donors (Lipinski definition) is 2. The zero-order chi connectivity index (χ0) is 19.3. The highest BCUT2D eigenvalue weighted by atomic mass is 16.1. The van der Waals surface area contributed by atoms with Crippen LogP contribution in [0.1, 0.15) is 29.3 Å². The number of nitrogens with zero attached hydrogens (tertiary/aromatic N) is 2. The fourth-order valence-electron chi connectivity index (χ4n) is 3.20. The van der Waals surface area contributed by atoms with Gasteiger partial charge in [-0.3, -0.25) is 9.78 Å². The second-order valence-corrected chi connectivity index (χ2v) is 6.95. The number of imidazole rings is 1. The summed E-state index contributed by atoms with van der Waals surface area (Å²) in [6.45, 7) is 2.04. The molecule has 2 N–H and O–H groups in total. The van der Waals surface area contributed by atoms with Crippen molar-refractivity contribution in [2.75, 3.05) is 0 Å². The van der Waals surface area contributed by atoms with Crippen LogP contribution in [0.2, 0.25) is 0 Å². The zero-order valence-corrected chi connectivity index (χ0v) is 15.7. The van der Waals surface area contributed by atoms with Gasteiger partial charge in [0.1, 0.15) is 5.82 Å². The van der Waals surface area contributed by atoms with E-state index in [1.165, 1.54) is 5.56 Å². The maximum atomic E-state index is 12.6. The van der Waals surface area contributed by atoms with Crippen LogP contribution in [0.3, 0.4) is 0 Å². The van der Waals surface area contributed by atoms with Crippen LogP contribution in [0.5, 0.6) is 0 Å². The molecule has 2 aromatic carbocycles. The maximum Gasteiger partial charge on any atom is 0.251 e. The molecular formula is C23H22N4O. The summed E-state index contributed by atoms with van der Waals surface area (Å²) in [4.78, 5) is 24.5. The first-order valence-corrected chi connectivity index (χ1v) is 9.44. The Morgan fingerprint density at radius 3 is 2.64 bits per heavy atom. The monoisotopic (exact) mass is 370 g/mol. The minimum absolute atomic E-state index is 0.0671. The van der Waals surface area contributed by atoms with Crippen molar-refractivity contribution in [3.63, 3.8) is 0 Å². The lowest BCUT2D eigenvalue weighted by Gasteiger charge is -2.14. The van der Waals surface area contributed by atoms with Gasteiger partial charge in [0.15, 0.2) is 0 Å². The maximum absolute atomic E-state index is 12.6. The molecule has 0 unspecified atom stereocenters. The van der Waals surface area contributed by atoms with Crippen LogP contribution in [0.4, 0.5) is 0 Å². The van der Waals surface area contributed by atoms with Gasteiger partial charge < -0.3 is 10.3 Å². The highest BCUT2D eigenvalue weighted by Crippen LogP contribution is 2.21. The number of hydrogen-bond acceptors (Lipinski definition) is 3. The largest absolute Gasteiger partial charge is 0.350 e. The molecule has 0 aliphatic carbocycles. The highest BCUT2D eigenvalue weighted by molar-refractivity contribution is 5.97. The molecule has 0 aliphatic rings. The van der Waals surface area contributed by atoms with Crippen LogP contribution in [-0.2, 0) is 6.42 Å². The molecule has 140 valence electrons. The molecule has 5 heteroatoms. The third-order valence-corrected chi connectivity index (χ3v) is 4.78. The van der Waals surface area contributed by atoms with Crippen molar-refractivity contribution >= 4 is 16.9 Å². The summed E-state index contributed by atoms with van der Waals surface area (Å²) in [5, 5.41) is 3.09. The Bertz CT molecular complexity index is 1070. The molecule has 28 heavy (non-hydrogen) atoms. The summed E-state index contributed by atoms with van der Waals surface area (Å²) >= 11 is 0. The van der Waals surface area contributed by atoms with Crippen molar-refractivity contribution in [3.8, 4) is 11.4 Å². The molecule has 4 rings (SSSR count).